The van der Waals surface area contributed by atoms with Gasteiger partial charge in [-0.15, -0.1) is 0 Å². The van der Waals surface area contributed by atoms with Gasteiger partial charge in [0, 0.05) is 27.1 Å². The molecule has 2 heterocycles. The van der Waals surface area contributed by atoms with Crippen molar-refractivity contribution in [2.75, 3.05) is 6.61 Å². The number of amides is 1. The molecule has 0 radical (unpaired) electrons. The van der Waals surface area contributed by atoms with Crippen molar-refractivity contribution in [3.63, 3.8) is 0 Å². The van der Waals surface area contributed by atoms with Gasteiger partial charge in [0.05, 0.1) is 6.26 Å². The molecule has 3 rings (SSSR count). The predicted molar refractivity (Wildman–Crippen MR) is 114 cm³/mol. The Balaban J connectivity index is 1.63. The number of ketones is 1. The van der Waals surface area contributed by atoms with E-state index in [1.807, 2.05) is 42.7 Å². The van der Waals surface area contributed by atoms with Crippen LogP contribution in [0.25, 0.3) is 5.69 Å². The molecule has 0 fully saturated rings. The van der Waals surface area contributed by atoms with Gasteiger partial charge in [-0.05, 0) is 63.2 Å². The average molecular weight is 473 g/mol. The highest BCUT2D eigenvalue weighted by molar-refractivity contribution is 9.10. The number of furan rings is 1. The summed E-state index contributed by atoms with van der Waals surface area (Å²) in [5.74, 6) is -1.46. The number of hydrogen-bond acceptors (Lipinski definition) is 5. The standard InChI is InChI=1S/C22H21BrN2O5/c1-13-11-18(15(3)25(13)17-8-6-16(23)7-9-17)19(26)12-30-22(28)14(2)24-21(27)20-5-4-10-29-20/h4-11,14H,12H2,1-3H3,(H,24,27)/t14-/m1/s1. The molecule has 0 aliphatic carbocycles. The number of aryl methyl sites for hydroxylation is 1. The van der Waals surface area contributed by atoms with Crippen LogP contribution in [0, 0.1) is 13.8 Å². The summed E-state index contributed by atoms with van der Waals surface area (Å²) in [5, 5.41) is 2.47. The molecular formula is C22H21BrN2O5. The number of Topliss-reactive ketones (excluding diaryl/α,β-unsaturated/α-hetero) is 1. The zero-order valence-electron chi connectivity index (χ0n) is 16.8. The summed E-state index contributed by atoms with van der Waals surface area (Å²) in [7, 11) is 0. The molecule has 1 N–H and O–H groups in total. The smallest absolute Gasteiger partial charge is 0.328 e. The van der Waals surface area contributed by atoms with Crippen molar-refractivity contribution >= 4 is 33.6 Å². The maximum Gasteiger partial charge on any atom is 0.328 e. The lowest BCUT2D eigenvalue weighted by atomic mass is 10.1. The summed E-state index contributed by atoms with van der Waals surface area (Å²) in [6.07, 6.45) is 1.36. The Kier molecular flexibility index (Phi) is 6.56. The van der Waals surface area contributed by atoms with Crippen LogP contribution in [0.1, 0.15) is 39.2 Å². The Bertz CT molecular complexity index is 1070. The highest BCUT2D eigenvalue weighted by atomic mass is 79.9. The van der Waals surface area contributed by atoms with E-state index < -0.39 is 24.5 Å². The summed E-state index contributed by atoms with van der Waals surface area (Å²) in [6.45, 7) is 4.82. The Morgan fingerprint density at radius 1 is 1.17 bits per heavy atom. The van der Waals surface area contributed by atoms with Gasteiger partial charge in [-0.1, -0.05) is 15.9 Å². The SMILES string of the molecule is Cc1cc(C(=O)COC(=O)[C@@H](C)NC(=O)c2ccco2)c(C)n1-c1ccc(Br)cc1. The number of aromatic nitrogens is 1. The summed E-state index contributed by atoms with van der Waals surface area (Å²) in [6, 6.07) is 11.6. The van der Waals surface area contributed by atoms with Crippen molar-refractivity contribution in [1.82, 2.24) is 9.88 Å². The highest BCUT2D eigenvalue weighted by Crippen LogP contribution is 2.22. The first-order chi connectivity index (χ1) is 14.3. The van der Waals surface area contributed by atoms with Crippen molar-refractivity contribution in [1.29, 1.82) is 0 Å². The Morgan fingerprint density at radius 3 is 2.50 bits per heavy atom. The number of esters is 1. The largest absolute Gasteiger partial charge is 0.459 e. The predicted octanol–water partition coefficient (Wildman–Crippen LogP) is 3.99. The van der Waals surface area contributed by atoms with Crippen molar-refractivity contribution in [3.8, 4) is 5.69 Å². The van der Waals surface area contributed by atoms with Gasteiger partial charge in [-0.2, -0.15) is 0 Å². The molecule has 7 nitrogen and oxygen atoms in total. The van der Waals surface area contributed by atoms with Crippen LogP contribution in [-0.2, 0) is 9.53 Å². The van der Waals surface area contributed by atoms with Gasteiger partial charge in [-0.3, -0.25) is 9.59 Å². The van der Waals surface area contributed by atoms with E-state index in [1.165, 1.54) is 19.3 Å². The number of hydrogen-bond donors (Lipinski definition) is 1. The number of benzene rings is 1. The molecule has 0 unspecified atom stereocenters. The zero-order valence-corrected chi connectivity index (χ0v) is 18.4. The molecule has 3 aromatic rings. The third-order valence-electron chi connectivity index (χ3n) is 4.61. The van der Waals surface area contributed by atoms with Crippen molar-refractivity contribution in [2.45, 2.75) is 26.8 Å². The molecule has 0 saturated heterocycles. The van der Waals surface area contributed by atoms with E-state index in [1.54, 1.807) is 12.1 Å². The fraction of sp³-hybridized carbons (Fsp3) is 0.227. The number of carbonyl (C=O) groups is 3. The maximum absolute atomic E-state index is 12.7. The van der Waals surface area contributed by atoms with Gasteiger partial charge < -0.3 is 19.0 Å². The highest BCUT2D eigenvalue weighted by Gasteiger charge is 2.22. The van der Waals surface area contributed by atoms with Gasteiger partial charge >= 0.3 is 5.97 Å². The molecular weight excluding hydrogens is 452 g/mol. The first-order valence-corrected chi connectivity index (χ1v) is 10.1. The van der Waals surface area contributed by atoms with E-state index in [0.717, 1.165) is 21.5 Å². The van der Waals surface area contributed by atoms with E-state index in [0.29, 0.717) is 5.56 Å². The van der Waals surface area contributed by atoms with Crippen molar-refractivity contribution < 1.29 is 23.5 Å². The molecule has 0 aliphatic heterocycles. The quantitative estimate of drug-likeness (QED) is 0.414. The molecule has 1 amide bonds. The second-order valence-corrected chi connectivity index (χ2v) is 7.72. The lowest BCUT2D eigenvalue weighted by Crippen LogP contribution is -2.40. The maximum atomic E-state index is 12.7. The van der Waals surface area contributed by atoms with Crippen LogP contribution in [0.3, 0.4) is 0 Å². The average Bonchev–Trinajstić information content (AvgIpc) is 3.35. The molecule has 0 spiro atoms. The molecule has 0 aliphatic rings. The lowest BCUT2D eigenvalue weighted by molar-refractivity contribution is -0.144. The molecule has 156 valence electrons. The van der Waals surface area contributed by atoms with Gasteiger partial charge in [0.15, 0.2) is 12.4 Å². The van der Waals surface area contributed by atoms with E-state index in [4.69, 9.17) is 9.15 Å². The van der Waals surface area contributed by atoms with Crippen LogP contribution in [-0.4, -0.2) is 34.9 Å². The fourth-order valence-corrected chi connectivity index (χ4v) is 3.37. The Hall–Kier alpha value is -3.13. The summed E-state index contributed by atoms with van der Waals surface area (Å²) in [5.41, 5.74) is 3.06. The van der Waals surface area contributed by atoms with Gasteiger partial charge in [-0.25, -0.2) is 4.79 Å². The second-order valence-electron chi connectivity index (χ2n) is 6.80. The van der Waals surface area contributed by atoms with Crippen LogP contribution in [0.5, 0.6) is 0 Å². The van der Waals surface area contributed by atoms with Crippen LogP contribution in [0.2, 0.25) is 0 Å². The number of rotatable bonds is 7. The molecule has 30 heavy (non-hydrogen) atoms. The minimum Gasteiger partial charge on any atom is -0.459 e. The van der Waals surface area contributed by atoms with E-state index in [2.05, 4.69) is 21.2 Å². The summed E-state index contributed by atoms with van der Waals surface area (Å²) < 4.78 is 13.0. The molecule has 1 aromatic carbocycles. The van der Waals surface area contributed by atoms with Crippen LogP contribution in [0.15, 0.2) is 57.6 Å². The normalized spacial score (nSPS) is 11.7. The minimum atomic E-state index is -0.925. The van der Waals surface area contributed by atoms with Crippen LogP contribution in [0.4, 0.5) is 0 Å². The summed E-state index contributed by atoms with van der Waals surface area (Å²) >= 11 is 3.41. The first kappa shape index (κ1) is 21.6. The number of halogens is 1. The van der Waals surface area contributed by atoms with E-state index in [-0.39, 0.29) is 11.5 Å². The van der Waals surface area contributed by atoms with Gasteiger partial charge in [0.1, 0.15) is 6.04 Å². The second kappa shape index (κ2) is 9.13. The molecule has 1 atom stereocenters. The number of ether oxygens (including phenoxy) is 1. The van der Waals surface area contributed by atoms with Gasteiger partial charge in [0.2, 0.25) is 5.78 Å². The third-order valence-corrected chi connectivity index (χ3v) is 5.14. The van der Waals surface area contributed by atoms with Crippen molar-refractivity contribution in [3.05, 3.63) is 75.9 Å². The fourth-order valence-electron chi connectivity index (χ4n) is 3.11. The topological polar surface area (TPSA) is 90.5 Å². The van der Waals surface area contributed by atoms with E-state index in [9.17, 15) is 14.4 Å². The first-order valence-electron chi connectivity index (χ1n) is 9.27. The third kappa shape index (κ3) is 4.71. The Morgan fingerprint density at radius 2 is 1.87 bits per heavy atom. The lowest BCUT2D eigenvalue weighted by Gasteiger charge is -2.12. The zero-order chi connectivity index (χ0) is 21.8. The van der Waals surface area contributed by atoms with Crippen LogP contribution >= 0.6 is 15.9 Å². The Labute approximate surface area is 182 Å². The minimum absolute atomic E-state index is 0.0890. The monoisotopic (exact) mass is 472 g/mol. The van der Waals surface area contributed by atoms with Crippen LogP contribution < -0.4 is 5.32 Å². The molecule has 8 heteroatoms. The number of nitrogens with zero attached hydrogens (tertiary/aromatic N) is 1. The molecule has 0 bridgehead atoms. The van der Waals surface area contributed by atoms with Gasteiger partial charge in [0.25, 0.3) is 5.91 Å². The molecule has 2 aromatic heterocycles. The van der Waals surface area contributed by atoms with Crippen molar-refractivity contribution in [2.24, 2.45) is 0 Å². The van der Waals surface area contributed by atoms with E-state index >= 15 is 0 Å². The number of carbonyl (C=O) groups excluding carboxylic acids is 3. The number of nitrogens with one attached hydrogen (secondary N) is 1. The summed E-state index contributed by atoms with van der Waals surface area (Å²) in [4.78, 5) is 36.8. The molecule has 0 saturated carbocycles.